The van der Waals surface area contributed by atoms with Crippen molar-refractivity contribution in [2.24, 2.45) is 16.6 Å². The Morgan fingerprint density at radius 1 is 1.41 bits per heavy atom. The minimum atomic E-state index is -1.30. The number of carboxylic acids is 1. The second kappa shape index (κ2) is 9.13. The average molecular weight is 402 g/mol. The molecule has 4 N–H and O–H groups in total. The Morgan fingerprint density at radius 3 is 2.55 bits per heavy atom. The number of nitrogens with one attached hydrogen (secondary N) is 1. The molecule has 8 nitrogen and oxygen atoms in total. The number of imide groups is 1. The second-order valence-electron chi connectivity index (χ2n) is 6.62. The van der Waals surface area contributed by atoms with E-state index in [2.05, 4.69) is 17.0 Å². The first-order valence-electron chi connectivity index (χ1n) is 8.90. The van der Waals surface area contributed by atoms with Crippen LogP contribution in [-0.2, 0) is 9.59 Å². The van der Waals surface area contributed by atoms with Crippen molar-refractivity contribution >= 4 is 24.6 Å². The van der Waals surface area contributed by atoms with Crippen LogP contribution in [0.25, 0.3) is 0 Å². The maximum Gasteiger partial charge on any atom is 0.327 e. The molecular weight excluding hydrogens is 379 g/mol. The Hall–Kier alpha value is -3.49. The molecule has 1 saturated heterocycles. The van der Waals surface area contributed by atoms with Gasteiger partial charge in [-0.3, -0.25) is 4.79 Å². The molecular formula is C20H23FN4O4. The van der Waals surface area contributed by atoms with Gasteiger partial charge in [-0.1, -0.05) is 18.2 Å². The largest absolute Gasteiger partial charge is 0.480 e. The van der Waals surface area contributed by atoms with Crippen LogP contribution in [0.15, 0.2) is 52.8 Å². The molecule has 0 radical (unpaired) electrons. The van der Waals surface area contributed by atoms with Gasteiger partial charge in [0.05, 0.1) is 12.0 Å². The number of likely N-dealkylation sites (tertiary alicyclic amines) is 1. The number of halogens is 1. The molecule has 1 fully saturated rings. The lowest BCUT2D eigenvalue weighted by atomic mass is 9.82. The van der Waals surface area contributed by atoms with Crippen LogP contribution in [0.5, 0.6) is 0 Å². The van der Waals surface area contributed by atoms with Gasteiger partial charge in [-0.15, -0.1) is 0 Å². The number of carbonyl (C=O) groups is 3. The molecule has 0 aromatic heterocycles. The van der Waals surface area contributed by atoms with Gasteiger partial charge in [0.1, 0.15) is 11.6 Å². The number of carbonyl (C=O) groups excluding carboxylic acids is 2. The summed E-state index contributed by atoms with van der Waals surface area (Å²) < 4.78 is 13.0. The molecule has 1 aliphatic heterocycles. The van der Waals surface area contributed by atoms with Crippen LogP contribution in [0, 0.1) is 11.7 Å². The monoisotopic (exact) mass is 402 g/mol. The third-order valence-electron chi connectivity index (χ3n) is 4.74. The fourth-order valence-corrected chi connectivity index (χ4v) is 3.10. The number of β-lactam (4-membered cyclic amide) rings is 1. The number of hydrogen-bond acceptors (Lipinski definition) is 5. The zero-order valence-corrected chi connectivity index (χ0v) is 16.1. The number of allylic oxidation sites excluding steroid dienone is 3. The first-order valence-corrected chi connectivity index (χ1v) is 8.90. The number of benzene rings is 1. The fraction of sp³-hybridized carbons (Fsp3) is 0.300. The standard InChI is InChI=1S/C20H23FN4O4/c1-4-12(10-16(22)23-3)9-15-17(19(27)28)25(18(15)26)20(29)24-11(2)13-5-7-14(21)8-6-13/h4-8,10-11,15,17H,3,9,22H2,1-2H3,(H,24,29)(H,27,28)/b12-4-,16-10-/t11-,15-,17+/m1/s1. The van der Waals surface area contributed by atoms with Gasteiger partial charge in [0, 0.05) is 0 Å². The highest BCUT2D eigenvalue weighted by atomic mass is 19.1. The lowest BCUT2D eigenvalue weighted by Crippen LogP contribution is -2.68. The highest BCUT2D eigenvalue weighted by molar-refractivity contribution is 6.07. The molecule has 0 unspecified atom stereocenters. The molecule has 1 aliphatic rings. The summed E-state index contributed by atoms with van der Waals surface area (Å²) in [6, 6.07) is 2.83. The van der Waals surface area contributed by atoms with Crippen LogP contribution in [0.1, 0.15) is 31.9 Å². The molecule has 0 aliphatic carbocycles. The quantitative estimate of drug-likeness (QED) is 0.367. The SMILES string of the molecule is C=N/C(N)=C\C(=C/C)C[C@H]1C(=O)N(C(=O)N[C@H](C)c2ccc(F)cc2)[C@@H]1C(=O)O. The lowest BCUT2D eigenvalue weighted by Gasteiger charge is -2.43. The predicted molar refractivity (Wildman–Crippen MR) is 105 cm³/mol. The Bertz CT molecular complexity index is 879. The molecule has 1 aromatic carbocycles. The van der Waals surface area contributed by atoms with Crippen molar-refractivity contribution in [2.75, 3.05) is 0 Å². The molecule has 0 spiro atoms. The number of rotatable bonds is 7. The summed E-state index contributed by atoms with van der Waals surface area (Å²) >= 11 is 0. The van der Waals surface area contributed by atoms with E-state index in [1.165, 1.54) is 30.3 Å². The molecule has 1 aromatic rings. The fourth-order valence-electron chi connectivity index (χ4n) is 3.10. The van der Waals surface area contributed by atoms with E-state index in [9.17, 15) is 23.9 Å². The van der Waals surface area contributed by atoms with Crippen LogP contribution >= 0.6 is 0 Å². The number of nitrogens with two attached hydrogens (primary N) is 1. The van der Waals surface area contributed by atoms with Gasteiger partial charge in [0.15, 0.2) is 6.04 Å². The lowest BCUT2D eigenvalue weighted by molar-refractivity contribution is -0.165. The molecule has 29 heavy (non-hydrogen) atoms. The van der Waals surface area contributed by atoms with Gasteiger partial charge in [0.2, 0.25) is 5.91 Å². The maximum atomic E-state index is 13.0. The number of aliphatic imine (C=N–C) groups is 1. The van der Waals surface area contributed by atoms with E-state index in [0.29, 0.717) is 16.0 Å². The van der Waals surface area contributed by atoms with Crippen molar-refractivity contribution in [3.8, 4) is 0 Å². The van der Waals surface area contributed by atoms with E-state index >= 15 is 0 Å². The van der Waals surface area contributed by atoms with Gasteiger partial charge in [-0.05, 0) is 56.3 Å². The molecule has 2 rings (SSSR count). The van der Waals surface area contributed by atoms with Crippen molar-refractivity contribution in [2.45, 2.75) is 32.4 Å². The summed E-state index contributed by atoms with van der Waals surface area (Å²) in [5.74, 6) is -3.06. The van der Waals surface area contributed by atoms with Crippen molar-refractivity contribution < 1.29 is 23.9 Å². The summed E-state index contributed by atoms with van der Waals surface area (Å²) in [4.78, 5) is 41.0. The van der Waals surface area contributed by atoms with E-state index < -0.39 is 41.7 Å². The van der Waals surface area contributed by atoms with E-state index in [-0.39, 0.29) is 12.2 Å². The third-order valence-corrected chi connectivity index (χ3v) is 4.74. The Balaban J connectivity index is 2.12. The molecule has 154 valence electrons. The zero-order chi connectivity index (χ0) is 21.7. The third kappa shape index (κ3) is 4.87. The first kappa shape index (κ1) is 21.8. The number of amides is 3. The number of aliphatic carboxylic acids is 1. The van der Waals surface area contributed by atoms with Crippen molar-refractivity contribution in [3.05, 3.63) is 59.2 Å². The Morgan fingerprint density at radius 2 is 2.03 bits per heavy atom. The summed E-state index contributed by atoms with van der Waals surface area (Å²) in [6.07, 6.45) is 3.28. The zero-order valence-electron chi connectivity index (χ0n) is 16.1. The molecule has 1 heterocycles. The van der Waals surface area contributed by atoms with Gasteiger partial charge < -0.3 is 16.2 Å². The van der Waals surface area contributed by atoms with Crippen LogP contribution < -0.4 is 11.1 Å². The highest BCUT2D eigenvalue weighted by Gasteiger charge is 2.54. The Kier molecular flexibility index (Phi) is 6.87. The number of carboxylic acid groups (broad SMARTS) is 1. The van der Waals surface area contributed by atoms with Crippen LogP contribution in [-0.4, -0.2) is 40.7 Å². The minimum absolute atomic E-state index is 0.0970. The number of hydrogen-bond donors (Lipinski definition) is 3. The van der Waals surface area contributed by atoms with Crippen LogP contribution in [0.2, 0.25) is 0 Å². The molecule has 0 saturated carbocycles. The van der Waals surface area contributed by atoms with Crippen molar-refractivity contribution in [3.63, 3.8) is 0 Å². The molecule has 0 bridgehead atoms. The smallest absolute Gasteiger partial charge is 0.327 e. The predicted octanol–water partition coefficient (Wildman–Crippen LogP) is 2.35. The number of nitrogens with zero attached hydrogens (tertiary/aromatic N) is 2. The van der Waals surface area contributed by atoms with Crippen molar-refractivity contribution in [1.29, 1.82) is 0 Å². The molecule has 9 heteroatoms. The van der Waals surface area contributed by atoms with Gasteiger partial charge >= 0.3 is 12.0 Å². The topological polar surface area (TPSA) is 125 Å². The second-order valence-corrected chi connectivity index (χ2v) is 6.62. The highest BCUT2D eigenvalue weighted by Crippen LogP contribution is 2.33. The summed E-state index contributed by atoms with van der Waals surface area (Å²) in [6.45, 7) is 6.67. The van der Waals surface area contributed by atoms with Crippen LogP contribution in [0.3, 0.4) is 0 Å². The summed E-state index contributed by atoms with van der Waals surface area (Å²) in [5, 5.41) is 12.1. The molecule has 3 atom stereocenters. The van der Waals surface area contributed by atoms with E-state index in [1.54, 1.807) is 19.9 Å². The van der Waals surface area contributed by atoms with Crippen LogP contribution in [0.4, 0.5) is 9.18 Å². The average Bonchev–Trinajstić information content (AvgIpc) is 2.68. The first-order chi connectivity index (χ1) is 13.7. The van der Waals surface area contributed by atoms with Gasteiger partial charge in [0.25, 0.3) is 0 Å². The van der Waals surface area contributed by atoms with E-state index in [1.807, 2.05) is 0 Å². The van der Waals surface area contributed by atoms with E-state index in [4.69, 9.17) is 5.73 Å². The maximum absolute atomic E-state index is 13.0. The molecule has 3 amide bonds. The van der Waals surface area contributed by atoms with Crippen molar-refractivity contribution in [1.82, 2.24) is 10.2 Å². The van der Waals surface area contributed by atoms with Gasteiger partial charge in [-0.25, -0.2) is 23.9 Å². The normalized spacial score (nSPS) is 20.7. The minimum Gasteiger partial charge on any atom is -0.480 e. The Labute approximate surface area is 167 Å². The summed E-state index contributed by atoms with van der Waals surface area (Å²) in [5.41, 5.74) is 6.83. The number of urea groups is 1. The van der Waals surface area contributed by atoms with E-state index in [0.717, 1.165) is 0 Å². The van der Waals surface area contributed by atoms with Gasteiger partial charge in [-0.2, -0.15) is 0 Å². The summed E-state index contributed by atoms with van der Waals surface area (Å²) in [7, 11) is 0.